The number of benzene rings is 1. The zero-order valence-corrected chi connectivity index (χ0v) is 15.9. The number of hydrogen-bond donors (Lipinski definition) is 1. The van der Waals surface area contributed by atoms with Crippen LogP contribution in [-0.4, -0.2) is 50.1 Å². The van der Waals surface area contributed by atoms with Crippen LogP contribution < -0.4 is 5.32 Å². The van der Waals surface area contributed by atoms with Gasteiger partial charge in [0.1, 0.15) is 18.2 Å². The first-order valence-electron chi connectivity index (χ1n) is 8.63. The maximum Gasteiger partial charge on any atom is 0.408 e. The maximum absolute atomic E-state index is 11.8. The summed E-state index contributed by atoms with van der Waals surface area (Å²) in [5, 5.41) is 2.42. The molecule has 1 N–H and O–H groups in total. The molecule has 7 heteroatoms. The lowest BCUT2D eigenvalue weighted by Crippen LogP contribution is -2.42. The molecule has 1 aromatic rings. The molecule has 0 aliphatic carbocycles. The van der Waals surface area contributed by atoms with Crippen molar-refractivity contribution in [3.05, 3.63) is 35.9 Å². The van der Waals surface area contributed by atoms with Gasteiger partial charge in [0, 0.05) is 0 Å². The molecule has 0 spiro atoms. The number of amides is 1. The van der Waals surface area contributed by atoms with Gasteiger partial charge in [-0.3, -0.25) is 0 Å². The van der Waals surface area contributed by atoms with E-state index in [1.54, 1.807) is 20.8 Å². The van der Waals surface area contributed by atoms with Crippen LogP contribution in [0.1, 0.15) is 33.3 Å². The van der Waals surface area contributed by atoms with Gasteiger partial charge in [-0.15, -0.1) is 0 Å². The van der Waals surface area contributed by atoms with E-state index in [1.165, 1.54) is 6.92 Å². The Bertz CT molecular complexity index is 541. The Hall–Kier alpha value is -2.12. The van der Waals surface area contributed by atoms with Crippen LogP contribution in [0.25, 0.3) is 0 Å². The number of rotatable bonds is 10. The Morgan fingerprint density at radius 1 is 1.00 bits per heavy atom. The third-order valence-corrected chi connectivity index (χ3v) is 3.04. The first-order chi connectivity index (χ1) is 12.3. The van der Waals surface area contributed by atoms with E-state index in [9.17, 15) is 9.59 Å². The predicted octanol–water partition coefficient (Wildman–Crippen LogP) is 2.68. The lowest BCUT2D eigenvalue weighted by atomic mass is 10.2. The molecule has 1 aromatic carbocycles. The number of carbonyl (C=O) groups excluding carboxylic acids is 2. The Morgan fingerprint density at radius 3 is 2.27 bits per heavy atom. The van der Waals surface area contributed by atoms with Crippen molar-refractivity contribution < 1.29 is 28.5 Å². The average molecular weight is 367 g/mol. The van der Waals surface area contributed by atoms with Gasteiger partial charge in [0.15, 0.2) is 0 Å². The Kier molecular flexibility index (Phi) is 9.69. The zero-order chi connectivity index (χ0) is 19.4. The average Bonchev–Trinajstić information content (AvgIpc) is 2.56. The lowest BCUT2D eigenvalue weighted by molar-refractivity contribution is -0.147. The SMILES string of the molecule is CC(NC(=O)OC(C)(C)C)C(=O)OCCOCCOCc1ccccc1. The highest BCUT2D eigenvalue weighted by molar-refractivity contribution is 5.80. The topological polar surface area (TPSA) is 83.1 Å². The fraction of sp³-hybridized carbons (Fsp3) is 0.579. The van der Waals surface area contributed by atoms with Crippen molar-refractivity contribution in [2.75, 3.05) is 26.4 Å². The van der Waals surface area contributed by atoms with E-state index in [-0.39, 0.29) is 13.2 Å². The molecule has 1 amide bonds. The van der Waals surface area contributed by atoms with Gasteiger partial charge in [-0.05, 0) is 33.3 Å². The highest BCUT2D eigenvalue weighted by Gasteiger charge is 2.21. The quantitative estimate of drug-likeness (QED) is 0.506. The molecule has 146 valence electrons. The third-order valence-electron chi connectivity index (χ3n) is 3.04. The molecule has 1 rings (SSSR count). The van der Waals surface area contributed by atoms with E-state index < -0.39 is 23.7 Å². The van der Waals surface area contributed by atoms with Crippen molar-refractivity contribution in [1.29, 1.82) is 0 Å². The fourth-order valence-electron chi connectivity index (χ4n) is 1.85. The molecule has 0 aromatic heterocycles. The molecular weight excluding hydrogens is 338 g/mol. The molecule has 0 aliphatic rings. The van der Waals surface area contributed by atoms with Gasteiger partial charge in [0.2, 0.25) is 0 Å². The van der Waals surface area contributed by atoms with E-state index in [1.807, 2.05) is 30.3 Å². The van der Waals surface area contributed by atoms with Crippen LogP contribution in [-0.2, 0) is 30.3 Å². The van der Waals surface area contributed by atoms with Crippen molar-refractivity contribution in [1.82, 2.24) is 5.32 Å². The zero-order valence-electron chi connectivity index (χ0n) is 15.9. The molecule has 0 saturated heterocycles. The van der Waals surface area contributed by atoms with E-state index in [2.05, 4.69) is 5.32 Å². The number of hydrogen-bond acceptors (Lipinski definition) is 6. The number of nitrogens with one attached hydrogen (secondary N) is 1. The molecule has 1 unspecified atom stereocenters. The molecule has 0 aliphatic heterocycles. The van der Waals surface area contributed by atoms with Crippen molar-refractivity contribution in [3.63, 3.8) is 0 Å². The van der Waals surface area contributed by atoms with Gasteiger partial charge in [-0.25, -0.2) is 9.59 Å². The summed E-state index contributed by atoms with van der Waals surface area (Å²) in [5.41, 5.74) is 0.484. The molecule has 0 radical (unpaired) electrons. The van der Waals surface area contributed by atoms with Gasteiger partial charge in [0.25, 0.3) is 0 Å². The second-order valence-corrected chi connectivity index (χ2v) is 6.69. The van der Waals surface area contributed by atoms with Crippen molar-refractivity contribution in [2.45, 2.75) is 45.9 Å². The van der Waals surface area contributed by atoms with Crippen LogP contribution in [0, 0.1) is 0 Å². The largest absolute Gasteiger partial charge is 0.462 e. The fourth-order valence-corrected chi connectivity index (χ4v) is 1.85. The Labute approximate surface area is 155 Å². The predicted molar refractivity (Wildman–Crippen MR) is 96.7 cm³/mol. The van der Waals surface area contributed by atoms with Crippen LogP contribution >= 0.6 is 0 Å². The van der Waals surface area contributed by atoms with Gasteiger partial charge in [-0.1, -0.05) is 30.3 Å². The van der Waals surface area contributed by atoms with Crippen LogP contribution in [0.4, 0.5) is 4.79 Å². The first kappa shape index (κ1) is 21.9. The lowest BCUT2D eigenvalue weighted by Gasteiger charge is -2.21. The summed E-state index contributed by atoms with van der Waals surface area (Å²) in [4.78, 5) is 23.3. The smallest absolute Gasteiger partial charge is 0.408 e. The maximum atomic E-state index is 11.8. The minimum Gasteiger partial charge on any atom is -0.462 e. The minimum absolute atomic E-state index is 0.109. The number of alkyl carbamates (subject to hydrolysis) is 1. The summed E-state index contributed by atoms with van der Waals surface area (Å²) in [7, 11) is 0. The van der Waals surface area contributed by atoms with Crippen molar-refractivity contribution in [2.24, 2.45) is 0 Å². The van der Waals surface area contributed by atoms with E-state index in [4.69, 9.17) is 18.9 Å². The number of esters is 1. The normalized spacial score (nSPS) is 12.3. The highest BCUT2D eigenvalue weighted by Crippen LogP contribution is 2.06. The summed E-state index contributed by atoms with van der Waals surface area (Å²) in [6.45, 7) is 8.55. The second kappa shape index (κ2) is 11.5. The van der Waals surface area contributed by atoms with E-state index in [0.717, 1.165) is 5.56 Å². The minimum atomic E-state index is -0.793. The standard InChI is InChI=1S/C19H29NO6/c1-15(20-18(22)26-19(2,3)4)17(21)25-13-12-23-10-11-24-14-16-8-6-5-7-9-16/h5-9,15H,10-14H2,1-4H3,(H,20,22). The first-order valence-corrected chi connectivity index (χ1v) is 8.63. The third kappa shape index (κ3) is 10.7. The molecule has 0 saturated carbocycles. The summed E-state index contributed by atoms with van der Waals surface area (Å²) in [5.74, 6) is -0.542. The molecule has 1 atom stereocenters. The number of ether oxygens (including phenoxy) is 4. The van der Waals surface area contributed by atoms with Gasteiger partial charge in [0.05, 0.1) is 26.4 Å². The molecule has 7 nitrogen and oxygen atoms in total. The number of carbonyl (C=O) groups is 2. The molecule has 0 bridgehead atoms. The monoisotopic (exact) mass is 367 g/mol. The van der Waals surface area contributed by atoms with Crippen LogP contribution in [0.2, 0.25) is 0 Å². The summed E-state index contributed by atoms with van der Waals surface area (Å²) < 4.78 is 20.9. The molecule has 26 heavy (non-hydrogen) atoms. The van der Waals surface area contributed by atoms with Crippen molar-refractivity contribution in [3.8, 4) is 0 Å². The van der Waals surface area contributed by atoms with Crippen LogP contribution in [0.5, 0.6) is 0 Å². The molecule has 0 heterocycles. The summed E-state index contributed by atoms with van der Waals surface area (Å²) in [6, 6.07) is 9.07. The second-order valence-electron chi connectivity index (χ2n) is 6.69. The van der Waals surface area contributed by atoms with Gasteiger partial charge >= 0.3 is 12.1 Å². The molecular formula is C19H29NO6. The van der Waals surface area contributed by atoms with Gasteiger partial charge < -0.3 is 24.3 Å². The Balaban J connectivity index is 2.02. The van der Waals surface area contributed by atoms with E-state index >= 15 is 0 Å². The van der Waals surface area contributed by atoms with Crippen LogP contribution in [0.3, 0.4) is 0 Å². The van der Waals surface area contributed by atoms with E-state index in [0.29, 0.717) is 19.8 Å². The highest BCUT2D eigenvalue weighted by atomic mass is 16.6. The molecule has 0 fully saturated rings. The van der Waals surface area contributed by atoms with Crippen molar-refractivity contribution >= 4 is 12.1 Å². The summed E-state index contributed by atoms with van der Waals surface area (Å²) >= 11 is 0. The van der Waals surface area contributed by atoms with Gasteiger partial charge in [-0.2, -0.15) is 0 Å². The summed E-state index contributed by atoms with van der Waals surface area (Å²) in [6.07, 6.45) is -0.659. The Morgan fingerprint density at radius 2 is 1.62 bits per heavy atom. The van der Waals surface area contributed by atoms with Crippen LogP contribution in [0.15, 0.2) is 30.3 Å².